The van der Waals surface area contributed by atoms with Gasteiger partial charge in [-0.1, -0.05) is 12.1 Å². The molecule has 2 aliphatic heterocycles. The molecular weight excluding hydrogens is 486 g/mol. The van der Waals surface area contributed by atoms with Crippen LogP contribution in [-0.4, -0.2) is 71.6 Å². The first kappa shape index (κ1) is 25.2. The van der Waals surface area contributed by atoms with Gasteiger partial charge in [-0.2, -0.15) is 0 Å². The summed E-state index contributed by atoms with van der Waals surface area (Å²) in [6, 6.07) is 14.9. The third-order valence-corrected chi connectivity index (χ3v) is 6.66. The zero-order valence-corrected chi connectivity index (χ0v) is 20.8. The number of likely N-dealkylation sites (tertiary alicyclic amines) is 1. The van der Waals surface area contributed by atoms with Crippen LogP contribution in [0.25, 0.3) is 11.3 Å². The van der Waals surface area contributed by atoms with Gasteiger partial charge in [0.15, 0.2) is 0 Å². The van der Waals surface area contributed by atoms with Gasteiger partial charge in [0, 0.05) is 48.2 Å². The number of morpholine rings is 1. The number of nitrogens with one attached hydrogen (secondary N) is 2. The van der Waals surface area contributed by atoms with Crippen LogP contribution in [-0.2, 0) is 9.53 Å². The van der Waals surface area contributed by atoms with Crippen molar-refractivity contribution in [1.29, 1.82) is 0 Å². The van der Waals surface area contributed by atoms with Gasteiger partial charge in [-0.25, -0.2) is 14.8 Å². The van der Waals surface area contributed by atoms with E-state index in [-0.39, 0.29) is 5.91 Å². The molecule has 3 aromatic rings. The molecule has 0 radical (unpaired) electrons. The number of nitrogens with zero attached hydrogens (tertiary/aromatic N) is 4. The zero-order chi connectivity index (χ0) is 26.5. The number of aromatic nitrogens is 2. The van der Waals surface area contributed by atoms with Gasteiger partial charge in [-0.15, -0.1) is 0 Å². The number of carbonyl (C=O) groups is 3. The SMILES string of the molecule is NC(=O)[C@@H]1CCCN1C(=O)c1ccc(NC(=O)Nc2ccc(-c3cc(N4CCOCC4)ncn3)cc2)cc1. The van der Waals surface area contributed by atoms with Crippen molar-refractivity contribution in [2.45, 2.75) is 18.9 Å². The highest BCUT2D eigenvalue weighted by molar-refractivity contribution is 6.01. The Labute approximate surface area is 220 Å². The van der Waals surface area contributed by atoms with E-state index in [2.05, 4.69) is 25.5 Å². The van der Waals surface area contributed by atoms with E-state index < -0.39 is 18.0 Å². The molecule has 2 saturated heterocycles. The van der Waals surface area contributed by atoms with Gasteiger partial charge in [0.1, 0.15) is 18.2 Å². The Bertz CT molecular complexity index is 1310. The maximum absolute atomic E-state index is 12.8. The molecule has 11 heteroatoms. The van der Waals surface area contributed by atoms with Crippen LogP contribution in [0.5, 0.6) is 0 Å². The molecule has 2 aliphatic rings. The van der Waals surface area contributed by atoms with Gasteiger partial charge in [0.05, 0.1) is 18.9 Å². The maximum atomic E-state index is 12.8. The molecule has 2 fully saturated rings. The topological polar surface area (TPSA) is 143 Å². The second-order valence-corrected chi connectivity index (χ2v) is 9.15. The molecule has 2 aromatic carbocycles. The van der Waals surface area contributed by atoms with E-state index in [0.29, 0.717) is 43.1 Å². The average Bonchev–Trinajstić information content (AvgIpc) is 3.45. The minimum atomic E-state index is -0.571. The standard InChI is InChI=1S/C27H29N7O4/c28-25(35)23-2-1-11-34(23)26(36)19-5-9-21(10-6-19)32-27(37)31-20-7-3-18(4-8-20)22-16-24(30-17-29-22)33-12-14-38-15-13-33/h3-10,16-17,23H,1-2,11-15H2,(H2,28,35)(H2,31,32,37)/t23-/m0/s1. The number of benzene rings is 2. The molecule has 1 atom stereocenters. The Kier molecular flexibility index (Phi) is 7.45. The number of hydrogen-bond acceptors (Lipinski definition) is 7. The predicted octanol–water partition coefficient (Wildman–Crippen LogP) is 2.71. The average molecular weight is 516 g/mol. The summed E-state index contributed by atoms with van der Waals surface area (Å²) >= 11 is 0. The first-order valence-electron chi connectivity index (χ1n) is 12.5. The maximum Gasteiger partial charge on any atom is 0.323 e. The fourth-order valence-electron chi connectivity index (χ4n) is 4.66. The van der Waals surface area contributed by atoms with Gasteiger partial charge < -0.3 is 30.9 Å². The number of ether oxygens (including phenoxy) is 1. The number of primary amides is 1. The predicted molar refractivity (Wildman–Crippen MR) is 143 cm³/mol. The quantitative estimate of drug-likeness (QED) is 0.458. The van der Waals surface area contributed by atoms with Crippen LogP contribution in [0.2, 0.25) is 0 Å². The molecule has 38 heavy (non-hydrogen) atoms. The van der Waals surface area contributed by atoms with Crippen molar-refractivity contribution in [3.8, 4) is 11.3 Å². The fourth-order valence-corrected chi connectivity index (χ4v) is 4.66. The van der Waals surface area contributed by atoms with Crippen molar-refractivity contribution in [3.63, 3.8) is 0 Å². The van der Waals surface area contributed by atoms with Gasteiger partial charge in [-0.3, -0.25) is 9.59 Å². The molecule has 3 heterocycles. The Hall–Kier alpha value is -4.51. The normalized spacial score (nSPS) is 17.2. The Morgan fingerprint density at radius 1 is 0.895 bits per heavy atom. The van der Waals surface area contributed by atoms with Gasteiger partial charge in [-0.05, 0) is 49.2 Å². The molecular formula is C27H29N7O4. The molecule has 4 N–H and O–H groups in total. The molecule has 11 nitrogen and oxygen atoms in total. The molecule has 0 aliphatic carbocycles. The number of rotatable bonds is 6. The summed E-state index contributed by atoms with van der Waals surface area (Å²) in [6.45, 7) is 3.45. The van der Waals surface area contributed by atoms with Gasteiger partial charge in [0.25, 0.3) is 5.91 Å². The number of amides is 4. The first-order chi connectivity index (χ1) is 18.5. The summed E-state index contributed by atoms with van der Waals surface area (Å²) in [5.41, 5.74) is 8.70. The van der Waals surface area contributed by atoms with Crippen molar-refractivity contribution >= 4 is 35.0 Å². The van der Waals surface area contributed by atoms with E-state index in [1.54, 1.807) is 42.7 Å². The van der Waals surface area contributed by atoms with Crippen molar-refractivity contribution in [2.24, 2.45) is 5.73 Å². The van der Waals surface area contributed by atoms with E-state index in [1.165, 1.54) is 4.90 Å². The minimum Gasteiger partial charge on any atom is -0.378 e. The summed E-state index contributed by atoms with van der Waals surface area (Å²) in [5.74, 6) is 0.123. The van der Waals surface area contributed by atoms with Crippen LogP contribution >= 0.6 is 0 Å². The van der Waals surface area contributed by atoms with Crippen molar-refractivity contribution in [2.75, 3.05) is 48.4 Å². The van der Waals surface area contributed by atoms with Crippen LogP contribution in [0, 0.1) is 0 Å². The molecule has 1 aromatic heterocycles. The highest BCUT2D eigenvalue weighted by Crippen LogP contribution is 2.24. The summed E-state index contributed by atoms with van der Waals surface area (Å²) < 4.78 is 5.41. The molecule has 0 bridgehead atoms. The molecule has 0 saturated carbocycles. The third kappa shape index (κ3) is 5.73. The first-order valence-corrected chi connectivity index (χ1v) is 12.5. The number of nitrogens with two attached hydrogens (primary N) is 1. The zero-order valence-electron chi connectivity index (χ0n) is 20.8. The fraction of sp³-hybridized carbons (Fsp3) is 0.296. The highest BCUT2D eigenvalue weighted by atomic mass is 16.5. The lowest BCUT2D eigenvalue weighted by Crippen LogP contribution is -2.43. The van der Waals surface area contributed by atoms with Crippen LogP contribution in [0.15, 0.2) is 60.9 Å². The largest absolute Gasteiger partial charge is 0.378 e. The molecule has 4 amide bonds. The van der Waals surface area contributed by atoms with E-state index in [0.717, 1.165) is 36.6 Å². The molecule has 0 spiro atoms. The lowest BCUT2D eigenvalue weighted by atomic mass is 10.1. The van der Waals surface area contributed by atoms with Crippen molar-refractivity contribution in [3.05, 3.63) is 66.5 Å². The number of anilines is 3. The third-order valence-electron chi connectivity index (χ3n) is 6.66. The Balaban J connectivity index is 1.17. The lowest BCUT2D eigenvalue weighted by molar-refractivity contribution is -0.121. The summed E-state index contributed by atoms with van der Waals surface area (Å²) in [7, 11) is 0. The van der Waals surface area contributed by atoms with E-state index in [9.17, 15) is 14.4 Å². The second-order valence-electron chi connectivity index (χ2n) is 9.15. The minimum absolute atomic E-state index is 0.247. The van der Waals surface area contributed by atoms with Crippen LogP contribution in [0.3, 0.4) is 0 Å². The molecule has 0 unspecified atom stereocenters. The summed E-state index contributed by atoms with van der Waals surface area (Å²) in [6.07, 6.45) is 2.88. The van der Waals surface area contributed by atoms with Crippen LogP contribution < -0.4 is 21.3 Å². The van der Waals surface area contributed by atoms with E-state index >= 15 is 0 Å². The monoisotopic (exact) mass is 515 g/mol. The number of hydrogen-bond donors (Lipinski definition) is 3. The summed E-state index contributed by atoms with van der Waals surface area (Å²) in [4.78, 5) is 49.3. The smallest absolute Gasteiger partial charge is 0.323 e. The summed E-state index contributed by atoms with van der Waals surface area (Å²) in [5, 5.41) is 5.56. The van der Waals surface area contributed by atoms with Crippen LogP contribution in [0.1, 0.15) is 23.2 Å². The van der Waals surface area contributed by atoms with Gasteiger partial charge in [0.2, 0.25) is 5.91 Å². The van der Waals surface area contributed by atoms with Crippen molar-refractivity contribution < 1.29 is 19.1 Å². The Morgan fingerprint density at radius 3 is 2.21 bits per heavy atom. The van der Waals surface area contributed by atoms with Crippen LogP contribution in [0.4, 0.5) is 22.0 Å². The number of carbonyl (C=O) groups excluding carboxylic acids is 3. The lowest BCUT2D eigenvalue weighted by Gasteiger charge is -2.27. The Morgan fingerprint density at radius 2 is 1.55 bits per heavy atom. The second kappa shape index (κ2) is 11.3. The van der Waals surface area contributed by atoms with Gasteiger partial charge >= 0.3 is 6.03 Å². The number of urea groups is 1. The van der Waals surface area contributed by atoms with E-state index in [1.807, 2.05) is 18.2 Å². The van der Waals surface area contributed by atoms with E-state index in [4.69, 9.17) is 10.5 Å². The molecule has 5 rings (SSSR count). The van der Waals surface area contributed by atoms with Crippen molar-refractivity contribution in [1.82, 2.24) is 14.9 Å². The highest BCUT2D eigenvalue weighted by Gasteiger charge is 2.33. The molecule has 196 valence electrons.